The molecule has 0 aliphatic heterocycles. The third-order valence-corrected chi connectivity index (χ3v) is 5.50. The van der Waals surface area contributed by atoms with Crippen LogP contribution in [0.1, 0.15) is 53.6 Å². The van der Waals surface area contributed by atoms with Crippen LogP contribution in [0.4, 0.5) is 0 Å². The highest BCUT2D eigenvalue weighted by molar-refractivity contribution is 9.09. The summed E-state index contributed by atoms with van der Waals surface area (Å²) in [5.74, 6) is 0.0581. The molecule has 2 rings (SSSR count). The molecule has 1 aliphatic rings. The summed E-state index contributed by atoms with van der Waals surface area (Å²) in [6.45, 7) is 4.85. The van der Waals surface area contributed by atoms with E-state index >= 15 is 0 Å². The predicted molar refractivity (Wildman–Crippen MR) is 87.6 cm³/mol. The molecule has 3 heteroatoms. The molecule has 0 bridgehead atoms. The van der Waals surface area contributed by atoms with Crippen molar-refractivity contribution in [2.45, 2.75) is 46.0 Å². The van der Waals surface area contributed by atoms with Gasteiger partial charge in [-0.05, 0) is 44.2 Å². The van der Waals surface area contributed by atoms with Crippen molar-refractivity contribution >= 4 is 21.8 Å². The molecule has 1 aromatic carbocycles. The van der Waals surface area contributed by atoms with E-state index in [4.69, 9.17) is 0 Å². The van der Waals surface area contributed by atoms with Crippen LogP contribution in [0.25, 0.3) is 0 Å². The molecule has 0 spiro atoms. The van der Waals surface area contributed by atoms with Crippen molar-refractivity contribution in [1.82, 2.24) is 5.32 Å². The van der Waals surface area contributed by atoms with Crippen LogP contribution in [0.3, 0.4) is 0 Å². The van der Waals surface area contributed by atoms with Crippen LogP contribution >= 0.6 is 15.9 Å². The van der Waals surface area contributed by atoms with Gasteiger partial charge in [0.25, 0.3) is 5.91 Å². The Balaban J connectivity index is 2.00. The smallest absolute Gasteiger partial charge is 0.251 e. The standard InChI is InChI=1S/C17H24BrNO/c1-13-8-14(2)10-15(9-13)16(20)19-12-17(11-18)6-4-3-5-7-17/h8-10H,3-7,11-12H2,1-2H3,(H,19,20). The van der Waals surface area contributed by atoms with Gasteiger partial charge >= 0.3 is 0 Å². The van der Waals surface area contributed by atoms with Gasteiger partial charge in [-0.25, -0.2) is 0 Å². The third-order valence-electron chi connectivity index (χ3n) is 4.31. The van der Waals surface area contributed by atoms with Gasteiger partial charge in [-0.2, -0.15) is 0 Å². The first-order valence-electron chi connectivity index (χ1n) is 7.47. The minimum Gasteiger partial charge on any atom is -0.351 e. The van der Waals surface area contributed by atoms with Crippen LogP contribution in [0.15, 0.2) is 18.2 Å². The number of hydrogen-bond donors (Lipinski definition) is 1. The average molecular weight is 338 g/mol. The second-order valence-electron chi connectivity index (χ2n) is 6.25. The minimum absolute atomic E-state index is 0.0581. The molecule has 0 heterocycles. The molecule has 1 saturated carbocycles. The zero-order chi connectivity index (χ0) is 14.6. The zero-order valence-electron chi connectivity index (χ0n) is 12.5. The second-order valence-corrected chi connectivity index (χ2v) is 6.81. The first-order valence-corrected chi connectivity index (χ1v) is 8.59. The highest BCUT2D eigenvalue weighted by atomic mass is 79.9. The summed E-state index contributed by atoms with van der Waals surface area (Å²) in [4.78, 5) is 12.3. The highest BCUT2D eigenvalue weighted by Crippen LogP contribution is 2.37. The van der Waals surface area contributed by atoms with Gasteiger partial charge in [0.2, 0.25) is 0 Å². The van der Waals surface area contributed by atoms with E-state index in [9.17, 15) is 4.79 Å². The van der Waals surface area contributed by atoms with Gasteiger partial charge in [0.05, 0.1) is 0 Å². The van der Waals surface area contributed by atoms with Crippen LogP contribution in [-0.2, 0) is 0 Å². The van der Waals surface area contributed by atoms with Gasteiger partial charge in [0.1, 0.15) is 0 Å². The summed E-state index contributed by atoms with van der Waals surface area (Å²) < 4.78 is 0. The predicted octanol–water partition coefficient (Wildman–Crippen LogP) is 4.38. The quantitative estimate of drug-likeness (QED) is 0.811. The fraction of sp³-hybridized carbons (Fsp3) is 0.588. The zero-order valence-corrected chi connectivity index (χ0v) is 14.1. The van der Waals surface area contributed by atoms with Crippen molar-refractivity contribution in [2.75, 3.05) is 11.9 Å². The minimum atomic E-state index is 0.0581. The fourth-order valence-corrected chi connectivity index (χ4v) is 3.89. The lowest BCUT2D eigenvalue weighted by Gasteiger charge is -2.35. The largest absolute Gasteiger partial charge is 0.351 e. The van der Waals surface area contributed by atoms with Crippen molar-refractivity contribution in [1.29, 1.82) is 0 Å². The van der Waals surface area contributed by atoms with Crippen molar-refractivity contribution in [3.63, 3.8) is 0 Å². The normalized spacial score (nSPS) is 17.8. The van der Waals surface area contributed by atoms with Crippen molar-refractivity contribution < 1.29 is 4.79 Å². The van der Waals surface area contributed by atoms with E-state index in [1.807, 2.05) is 26.0 Å². The van der Waals surface area contributed by atoms with E-state index in [-0.39, 0.29) is 11.3 Å². The lowest BCUT2D eigenvalue weighted by Crippen LogP contribution is -2.40. The van der Waals surface area contributed by atoms with E-state index in [0.29, 0.717) is 0 Å². The number of carbonyl (C=O) groups is 1. The number of benzene rings is 1. The Hall–Kier alpha value is -0.830. The summed E-state index contributed by atoms with van der Waals surface area (Å²) in [7, 11) is 0. The summed E-state index contributed by atoms with van der Waals surface area (Å²) in [6.07, 6.45) is 6.33. The first kappa shape index (κ1) is 15.6. The maximum Gasteiger partial charge on any atom is 0.251 e. The lowest BCUT2D eigenvalue weighted by molar-refractivity contribution is 0.0922. The SMILES string of the molecule is Cc1cc(C)cc(C(=O)NCC2(CBr)CCCCC2)c1. The Morgan fingerprint density at radius 2 is 1.75 bits per heavy atom. The van der Waals surface area contributed by atoms with Gasteiger partial charge in [-0.15, -0.1) is 0 Å². The molecule has 1 aliphatic carbocycles. The summed E-state index contributed by atoms with van der Waals surface area (Å²) in [5, 5.41) is 4.13. The van der Waals surface area contributed by atoms with Crippen LogP contribution in [0, 0.1) is 19.3 Å². The first-order chi connectivity index (χ1) is 9.54. The molecule has 1 N–H and O–H groups in total. The molecule has 1 amide bonds. The number of nitrogens with one attached hydrogen (secondary N) is 1. The number of hydrogen-bond acceptors (Lipinski definition) is 1. The van der Waals surface area contributed by atoms with Gasteiger partial charge < -0.3 is 5.32 Å². The molecule has 0 unspecified atom stereocenters. The van der Waals surface area contributed by atoms with E-state index in [1.54, 1.807) is 0 Å². The van der Waals surface area contributed by atoms with Crippen LogP contribution in [0.2, 0.25) is 0 Å². The molecule has 110 valence electrons. The molecule has 0 radical (unpaired) electrons. The number of halogens is 1. The number of amides is 1. The molecule has 2 nitrogen and oxygen atoms in total. The highest BCUT2D eigenvalue weighted by Gasteiger charge is 2.31. The van der Waals surface area contributed by atoms with Gasteiger partial charge in [0, 0.05) is 17.4 Å². The Labute approximate surface area is 130 Å². The van der Waals surface area contributed by atoms with Crippen molar-refractivity contribution in [3.05, 3.63) is 34.9 Å². The van der Waals surface area contributed by atoms with Gasteiger partial charge in [0.15, 0.2) is 0 Å². The Bertz CT molecular complexity index is 458. The van der Waals surface area contributed by atoms with E-state index in [1.165, 1.54) is 32.1 Å². The molecule has 20 heavy (non-hydrogen) atoms. The molecular formula is C17H24BrNO. The third kappa shape index (κ3) is 3.85. The Kier molecular flexibility index (Phi) is 5.25. The maximum absolute atomic E-state index is 12.3. The van der Waals surface area contributed by atoms with Gasteiger partial charge in [-0.1, -0.05) is 52.4 Å². The molecule has 1 aromatic rings. The Morgan fingerprint density at radius 3 is 2.30 bits per heavy atom. The fourth-order valence-electron chi connectivity index (χ4n) is 3.14. The van der Waals surface area contributed by atoms with E-state index in [0.717, 1.165) is 28.6 Å². The molecule has 0 aromatic heterocycles. The molecular weight excluding hydrogens is 314 g/mol. The van der Waals surface area contributed by atoms with E-state index < -0.39 is 0 Å². The summed E-state index contributed by atoms with van der Waals surface area (Å²) >= 11 is 3.65. The summed E-state index contributed by atoms with van der Waals surface area (Å²) in [5.41, 5.74) is 3.32. The van der Waals surface area contributed by atoms with Crippen LogP contribution < -0.4 is 5.32 Å². The molecule has 0 atom stereocenters. The average Bonchev–Trinajstić information content (AvgIpc) is 2.45. The number of aryl methyl sites for hydroxylation is 2. The lowest BCUT2D eigenvalue weighted by atomic mass is 9.75. The number of rotatable bonds is 4. The monoisotopic (exact) mass is 337 g/mol. The van der Waals surface area contributed by atoms with Gasteiger partial charge in [-0.3, -0.25) is 4.79 Å². The van der Waals surface area contributed by atoms with Crippen LogP contribution in [0.5, 0.6) is 0 Å². The van der Waals surface area contributed by atoms with Crippen molar-refractivity contribution in [2.24, 2.45) is 5.41 Å². The van der Waals surface area contributed by atoms with Crippen molar-refractivity contribution in [3.8, 4) is 0 Å². The van der Waals surface area contributed by atoms with Crippen LogP contribution in [-0.4, -0.2) is 17.8 Å². The summed E-state index contributed by atoms with van der Waals surface area (Å²) in [6, 6.07) is 6.02. The molecule has 0 saturated heterocycles. The number of carbonyl (C=O) groups excluding carboxylic acids is 1. The topological polar surface area (TPSA) is 29.1 Å². The number of alkyl halides is 1. The Morgan fingerprint density at radius 1 is 1.15 bits per heavy atom. The second kappa shape index (κ2) is 6.75. The maximum atomic E-state index is 12.3. The molecule has 1 fully saturated rings. The van der Waals surface area contributed by atoms with E-state index in [2.05, 4.69) is 27.3 Å².